The highest BCUT2D eigenvalue weighted by Gasteiger charge is 2.11. The highest BCUT2D eigenvalue weighted by molar-refractivity contribution is 6.04. The maximum absolute atomic E-state index is 13.4. The van der Waals surface area contributed by atoms with E-state index in [1.165, 1.54) is 6.92 Å². The van der Waals surface area contributed by atoms with Crippen LogP contribution in [0.1, 0.15) is 32.3 Å². The van der Waals surface area contributed by atoms with Crippen LogP contribution in [0.2, 0.25) is 0 Å². The number of halogens is 1. The van der Waals surface area contributed by atoms with Crippen molar-refractivity contribution in [2.75, 3.05) is 11.9 Å². The van der Waals surface area contributed by atoms with Gasteiger partial charge in [0.05, 0.1) is 5.71 Å². The van der Waals surface area contributed by atoms with Crippen LogP contribution in [0, 0.1) is 0 Å². The Morgan fingerprint density at radius 3 is 2.88 bits per heavy atom. The molecule has 0 atom stereocenters. The predicted molar refractivity (Wildman–Crippen MR) is 101 cm³/mol. The second-order valence-corrected chi connectivity index (χ2v) is 5.46. The van der Waals surface area contributed by atoms with Crippen LogP contribution >= 0.6 is 0 Å². The molecule has 7 heteroatoms. The van der Waals surface area contributed by atoms with Crippen LogP contribution in [0.3, 0.4) is 0 Å². The molecule has 1 aliphatic rings. The van der Waals surface area contributed by atoms with Gasteiger partial charge in [0.1, 0.15) is 11.6 Å². The van der Waals surface area contributed by atoms with Crippen LogP contribution in [0.15, 0.2) is 64.7 Å². The van der Waals surface area contributed by atoms with Crippen molar-refractivity contribution in [1.29, 1.82) is 0 Å². The minimum atomic E-state index is -0.670. The molecule has 2 rings (SSSR count). The van der Waals surface area contributed by atoms with E-state index in [1.54, 1.807) is 24.4 Å². The van der Waals surface area contributed by atoms with E-state index >= 15 is 0 Å². The summed E-state index contributed by atoms with van der Waals surface area (Å²) in [7, 11) is 0. The molecule has 0 unspecified atom stereocenters. The molecule has 1 amide bonds. The second kappa shape index (κ2) is 9.41. The van der Waals surface area contributed by atoms with Crippen molar-refractivity contribution < 1.29 is 14.0 Å². The monoisotopic (exact) mass is 356 g/mol. The summed E-state index contributed by atoms with van der Waals surface area (Å²) >= 11 is 0. The lowest BCUT2D eigenvalue weighted by Gasteiger charge is -2.08. The molecular weight excluding hydrogens is 335 g/mol. The molecule has 0 aromatic carbocycles. The average Bonchev–Trinajstić information content (AvgIpc) is 2.69. The van der Waals surface area contributed by atoms with Crippen molar-refractivity contribution in [3.05, 3.63) is 60.1 Å². The fourth-order valence-corrected chi connectivity index (χ4v) is 2.08. The van der Waals surface area contributed by atoms with Crippen molar-refractivity contribution in [3.63, 3.8) is 0 Å². The second-order valence-electron chi connectivity index (χ2n) is 5.46. The summed E-state index contributed by atoms with van der Waals surface area (Å²) in [6.45, 7) is 7.31. The number of hydrogen-bond donors (Lipinski definition) is 1. The number of amides is 1. The van der Waals surface area contributed by atoms with Gasteiger partial charge in [-0.25, -0.2) is 14.4 Å². The van der Waals surface area contributed by atoms with Crippen LogP contribution in [0.25, 0.3) is 0 Å². The first kappa shape index (κ1) is 19.2. The van der Waals surface area contributed by atoms with E-state index in [0.717, 1.165) is 18.1 Å². The number of carbonyl (C=O) groups excluding carboxylic acids is 1. The van der Waals surface area contributed by atoms with E-state index in [9.17, 15) is 9.18 Å². The molecule has 6 nitrogen and oxygen atoms in total. The molecule has 0 fully saturated rings. The van der Waals surface area contributed by atoms with Crippen molar-refractivity contribution in [1.82, 2.24) is 4.98 Å². The largest absolute Gasteiger partial charge is 0.337 e. The van der Waals surface area contributed by atoms with Gasteiger partial charge in [-0.1, -0.05) is 24.7 Å². The highest BCUT2D eigenvalue weighted by Crippen LogP contribution is 2.12. The average molecular weight is 356 g/mol. The summed E-state index contributed by atoms with van der Waals surface area (Å²) in [5, 5.41) is 6.66. The van der Waals surface area contributed by atoms with Crippen molar-refractivity contribution in [2.24, 2.45) is 10.1 Å². The molecule has 1 aliphatic heterocycles. The van der Waals surface area contributed by atoms with Crippen molar-refractivity contribution >= 4 is 23.3 Å². The Bertz CT molecular complexity index is 792. The lowest BCUT2D eigenvalue weighted by atomic mass is 10.1. The zero-order chi connectivity index (χ0) is 18.9. The van der Waals surface area contributed by atoms with Gasteiger partial charge in [0.2, 0.25) is 5.90 Å². The first-order chi connectivity index (χ1) is 12.5. The zero-order valence-corrected chi connectivity index (χ0v) is 14.8. The van der Waals surface area contributed by atoms with E-state index in [4.69, 9.17) is 4.84 Å². The van der Waals surface area contributed by atoms with Crippen LogP contribution in [-0.4, -0.2) is 29.0 Å². The van der Waals surface area contributed by atoms with E-state index in [2.05, 4.69) is 27.0 Å². The number of rotatable bonds is 6. The SMILES string of the molecule is C=CC(F)=C(C)C(=O)Nc1ccc(C(CC)=NOC2=NCCC=C2)cn1. The standard InChI is InChI=1S/C19H21FN4O2/c1-4-15(20)13(3)19(25)23-17-10-9-14(12-22-17)16(5-2)24-26-18-8-6-7-11-21-18/h4,6,8-10,12H,1,5,7,11H2,2-3H3,(H,22,23,25). The normalized spacial score (nSPS) is 15.0. The number of pyridine rings is 1. The van der Waals surface area contributed by atoms with Crippen molar-refractivity contribution in [3.8, 4) is 0 Å². The van der Waals surface area contributed by atoms with Gasteiger partial charge in [-0.15, -0.1) is 0 Å². The molecule has 2 heterocycles. The topological polar surface area (TPSA) is 75.9 Å². The van der Waals surface area contributed by atoms with Gasteiger partial charge in [0, 0.05) is 23.9 Å². The Morgan fingerprint density at radius 2 is 2.31 bits per heavy atom. The van der Waals surface area contributed by atoms with Gasteiger partial charge in [-0.05, 0) is 44.1 Å². The Labute approximate surface area is 151 Å². The quantitative estimate of drug-likeness (QED) is 0.363. The third-order valence-corrected chi connectivity index (χ3v) is 3.62. The van der Waals surface area contributed by atoms with Gasteiger partial charge in [0.15, 0.2) is 0 Å². The molecule has 0 spiro atoms. The summed E-state index contributed by atoms with van der Waals surface area (Å²) in [6.07, 6.45) is 7.87. The fourth-order valence-electron chi connectivity index (χ4n) is 2.08. The van der Waals surface area contributed by atoms with Crippen LogP contribution < -0.4 is 5.32 Å². The minimum Gasteiger partial charge on any atom is -0.337 e. The summed E-state index contributed by atoms with van der Waals surface area (Å²) in [5.41, 5.74) is 1.40. The molecule has 136 valence electrons. The zero-order valence-electron chi connectivity index (χ0n) is 14.8. The van der Waals surface area contributed by atoms with Gasteiger partial charge in [0.25, 0.3) is 5.91 Å². The molecule has 0 saturated carbocycles. The van der Waals surface area contributed by atoms with E-state index < -0.39 is 11.7 Å². The fraction of sp³-hybridized carbons (Fsp3) is 0.263. The number of carbonyl (C=O) groups is 1. The van der Waals surface area contributed by atoms with E-state index in [1.807, 2.05) is 13.0 Å². The first-order valence-electron chi connectivity index (χ1n) is 8.26. The maximum atomic E-state index is 13.4. The Balaban J connectivity index is 2.07. The number of hydrogen-bond acceptors (Lipinski definition) is 5. The lowest BCUT2D eigenvalue weighted by molar-refractivity contribution is -0.112. The van der Waals surface area contributed by atoms with Gasteiger partial charge >= 0.3 is 0 Å². The molecular formula is C19H21FN4O2. The molecule has 0 radical (unpaired) electrons. The molecule has 1 aromatic heterocycles. The maximum Gasteiger partial charge on any atom is 0.255 e. The number of nitrogens with one attached hydrogen (secondary N) is 1. The summed E-state index contributed by atoms with van der Waals surface area (Å²) in [6, 6.07) is 3.38. The number of oxime groups is 1. The number of aromatic nitrogens is 1. The van der Waals surface area contributed by atoms with Crippen molar-refractivity contribution in [2.45, 2.75) is 26.7 Å². The first-order valence-corrected chi connectivity index (χ1v) is 8.26. The summed E-state index contributed by atoms with van der Waals surface area (Å²) < 4.78 is 13.4. The summed E-state index contributed by atoms with van der Waals surface area (Å²) in [4.78, 5) is 25.6. The Hall–Kier alpha value is -3.09. The summed E-state index contributed by atoms with van der Waals surface area (Å²) in [5.74, 6) is -0.453. The molecule has 0 aliphatic carbocycles. The molecule has 1 aromatic rings. The molecule has 26 heavy (non-hydrogen) atoms. The highest BCUT2D eigenvalue weighted by atomic mass is 19.1. The van der Waals surface area contributed by atoms with Gasteiger partial charge in [-0.2, -0.15) is 0 Å². The molecule has 0 saturated heterocycles. The number of dihydropyridines is 1. The lowest BCUT2D eigenvalue weighted by Crippen LogP contribution is -2.15. The number of aliphatic imine (C=N–C) groups is 1. The van der Waals surface area contributed by atoms with Gasteiger partial charge in [-0.3, -0.25) is 4.79 Å². The minimum absolute atomic E-state index is 0.0589. The third-order valence-electron chi connectivity index (χ3n) is 3.62. The Morgan fingerprint density at radius 1 is 1.50 bits per heavy atom. The smallest absolute Gasteiger partial charge is 0.255 e. The number of nitrogens with zero attached hydrogens (tertiary/aromatic N) is 3. The van der Waals surface area contributed by atoms with E-state index in [0.29, 0.717) is 30.4 Å². The van der Waals surface area contributed by atoms with Crippen LogP contribution in [0.5, 0.6) is 0 Å². The number of anilines is 1. The predicted octanol–water partition coefficient (Wildman–Crippen LogP) is 3.94. The van der Waals surface area contributed by atoms with Gasteiger partial charge < -0.3 is 10.2 Å². The molecule has 1 N–H and O–H groups in total. The van der Waals surface area contributed by atoms with E-state index in [-0.39, 0.29) is 5.57 Å². The number of allylic oxidation sites excluding steroid dienone is 2. The third kappa shape index (κ3) is 5.20. The Kier molecular flexibility index (Phi) is 6.96. The van der Waals surface area contributed by atoms with Crippen LogP contribution in [0.4, 0.5) is 10.2 Å². The van der Waals surface area contributed by atoms with Crippen LogP contribution in [-0.2, 0) is 9.63 Å². The molecule has 0 bridgehead atoms.